The van der Waals surface area contributed by atoms with Crippen LogP contribution in [0.25, 0.3) is 0 Å². The lowest BCUT2D eigenvalue weighted by atomic mass is 10.0. The lowest BCUT2D eigenvalue weighted by Crippen LogP contribution is -2.55. The van der Waals surface area contributed by atoms with Crippen molar-refractivity contribution in [2.24, 2.45) is 0 Å². The number of carbonyl (C=O) groups excluding carboxylic acids is 1. The van der Waals surface area contributed by atoms with Crippen LogP contribution in [0.5, 0.6) is 5.75 Å². The van der Waals surface area contributed by atoms with E-state index in [1.165, 1.54) is 12.1 Å². The Balaban J connectivity index is 1.54. The van der Waals surface area contributed by atoms with Gasteiger partial charge in [-0.2, -0.15) is 0 Å². The third-order valence-corrected chi connectivity index (χ3v) is 5.39. The molecule has 0 aromatic heterocycles. The molecule has 1 aromatic rings. The number of benzene rings is 1. The number of piperazine rings is 1. The highest BCUT2D eigenvalue weighted by atomic mass is 16.5. The molecule has 2 fully saturated rings. The number of nitrogens with zero attached hydrogens (tertiary/aromatic N) is 3. The Morgan fingerprint density at radius 1 is 1.08 bits per heavy atom. The lowest BCUT2D eigenvalue weighted by Gasteiger charge is -2.43. The Kier molecular flexibility index (Phi) is 6.20. The second kappa shape index (κ2) is 8.58. The molecule has 2 aliphatic rings. The summed E-state index contributed by atoms with van der Waals surface area (Å²) in [6, 6.07) is 8.81. The molecule has 142 valence electrons. The van der Waals surface area contributed by atoms with Gasteiger partial charge < -0.3 is 14.5 Å². The van der Waals surface area contributed by atoms with E-state index in [4.69, 9.17) is 4.74 Å². The first-order chi connectivity index (χ1) is 12.6. The maximum absolute atomic E-state index is 12.3. The molecule has 1 amide bonds. The normalized spacial score (nSPS) is 21.4. The van der Waals surface area contributed by atoms with Crippen LogP contribution in [0.2, 0.25) is 0 Å². The van der Waals surface area contributed by atoms with Gasteiger partial charge in [0.25, 0.3) is 0 Å². The van der Waals surface area contributed by atoms with Crippen molar-refractivity contribution in [2.75, 3.05) is 51.3 Å². The van der Waals surface area contributed by atoms with Crippen LogP contribution in [0.15, 0.2) is 35.9 Å². The maximum atomic E-state index is 12.3. The van der Waals surface area contributed by atoms with E-state index in [0.717, 1.165) is 57.0 Å². The number of methoxy groups -OCH3 is 1. The highest BCUT2D eigenvalue weighted by molar-refractivity contribution is 5.88. The summed E-state index contributed by atoms with van der Waals surface area (Å²) in [5.41, 5.74) is 2.33. The fraction of sp³-hybridized carbons (Fsp3) is 0.571. The summed E-state index contributed by atoms with van der Waals surface area (Å²) >= 11 is 0. The van der Waals surface area contributed by atoms with Gasteiger partial charge in [0.2, 0.25) is 5.91 Å². The molecule has 0 radical (unpaired) electrons. The van der Waals surface area contributed by atoms with E-state index in [1.807, 2.05) is 30.9 Å². The second-order valence-electron chi connectivity index (χ2n) is 7.52. The van der Waals surface area contributed by atoms with Crippen molar-refractivity contribution in [3.05, 3.63) is 35.9 Å². The van der Waals surface area contributed by atoms with Crippen LogP contribution in [0.4, 0.5) is 5.69 Å². The molecule has 5 nitrogen and oxygen atoms in total. The third kappa shape index (κ3) is 4.58. The van der Waals surface area contributed by atoms with Gasteiger partial charge in [-0.15, -0.1) is 0 Å². The minimum Gasteiger partial charge on any atom is -0.497 e. The molecule has 2 heterocycles. The molecule has 1 unspecified atom stereocenters. The Hall–Kier alpha value is -2.01. The number of likely N-dealkylation sites (tertiary alicyclic amines) is 1. The summed E-state index contributed by atoms with van der Waals surface area (Å²) in [4.78, 5) is 19.4. The quantitative estimate of drug-likeness (QED) is 0.777. The Bertz CT molecular complexity index is 629. The molecule has 0 spiro atoms. The average molecular weight is 357 g/mol. The van der Waals surface area contributed by atoms with E-state index in [-0.39, 0.29) is 5.91 Å². The molecular weight excluding hydrogens is 326 g/mol. The highest BCUT2D eigenvalue weighted by Crippen LogP contribution is 2.23. The van der Waals surface area contributed by atoms with Crippen molar-refractivity contribution in [1.82, 2.24) is 9.80 Å². The smallest absolute Gasteiger partial charge is 0.246 e. The number of hydrogen-bond donors (Lipinski definition) is 0. The van der Waals surface area contributed by atoms with E-state index >= 15 is 0 Å². The molecule has 0 bridgehead atoms. The van der Waals surface area contributed by atoms with Crippen molar-refractivity contribution in [3.8, 4) is 5.75 Å². The van der Waals surface area contributed by atoms with E-state index in [9.17, 15) is 4.79 Å². The first kappa shape index (κ1) is 18.8. The fourth-order valence-corrected chi connectivity index (χ4v) is 3.93. The van der Waals surface area contributed by atoms with Crippen LogP contribution >= 0.6 is 0 Å². The fourth-order valence-electron chi connectivity index (χ4n) is 3.93. The number of piperidine rings is 1. The SMILES string of the molecule is COc1ccc(N2CCN(C3CCCN(C(=O)C=C(C)C)C3)CC2)cc1. The van der Waals surface area contributed by atoms with Gasteiger partial charge in [-0.25, -0.2) is 0 Å². The van der Waals surface area contributed by atoms with Crippen LogP contribution in [0.3, 0.4) is 0 Å². The molecule has 1 aromatic carbocycles. The Labute approximate surface area is 157 Å². The van der Waals surface area contributed by atoms with Crippen molar-refractivity contribution in [1.29, 1.82) is 0 Å². The Morgan fingerprint density at radius 2 is 1.77 bits per heavy atom. The average Bonchev–Trinajstić information content (AvgIpc) is 2.68. The molecule has 5 heteroatoms. The van der Waals surface area contributed by atoms with Gasteiger partial charge in [-0.05, 0) is 51.0 Å². The van der Waals surface area contributed by atoms with Gasteiger partial charge in [0.05, 0.1) is 7.11 Å². The molecule has 2 saturated heterocycles. The highest BCUT2D eigenvalue weighted by Gasteiger charge is 2.29. The predicted molar refractivity (Wildman–Crippen MR) is 106 cm³/mol. The zero-order valence-corrected chi connectivity index (χ0v) is 16.3. The van der Waals surface area contributed by atoms with Gasteiger partial charge in [-0.1, -0.05) is 5.57 Å². The molecule has 0 N–H and O–H groups in total. The summed E-state index contributed by atoms with van der Waals surface area (Å²) in [5, 5.41) is 0. The molecule has 0 aliphatic carbocycles. The number of amides is 1. The second-order valence-corrected chi connectivity index (χ2v) is 7.52. The maximum Gasteiger partial charge on any atom is 0.246 e. The standard InChI is InChI=1S/C21H31N3O2/c1-17(2)15-21(25)24-10-4-5-19(16-24)23-13-11-22(12-14-23)18-6-8-20(26-3)9-7-18/h6-9,15,19H,4-5,10-14,16H2,1-3H3. The summed E-state index contributed by atoms with van der Waals surface area (Å²) in [6.07, 6.45) is 4.07. The number of carbonyl (C=O) groups is 1. The number of rotatable bonds is 4. The van der Waals surface area contributed by atoms with Crippen LogP contribution in [0, 0.1) is 0 Å². The van der Waals surface area contributed by atoms with Crippen molar-refractivity contribution >= 4 is 11.6 Å². The van der Waals surface area contributed by atoms with Gasteiger partial charge in [0.1, 0.15) is 5.75 Å². The van der Waals surface area contributed by atoms with E-state index in [2.05, 4.69) is 21.9 Å². The summed E-state index contributed by atoms with van der Waals surface area (Å²) in [6.45, 7) is 9.91. The molecular formula is C21H31N3O2. The van der Waals surface area contributed by atoms with Crippen LogP contribution in [-0.4, -0.2) is 68.1 Å². The van der Waals surface area contributed by atoms with Gasteiger partial charge in [0.15, 0.2) is 0 Å². The van der Waals surface area contributed by atoms with Gasteiger partial charge in [0, 0.05) is 57.1 Å². The monoisotopic (exact) mass is 357 g/mol. The van der Waals surface area contributed by atoms with Gasteiger partial charge >= 0.3 is 0 Å². The Morgan fingerprint density at radius 3 is 2.38 bits per heavy atom. The summed E-state index contributed by atoms with van der Waals surface area (Å²) < 4.78 is 5.24. The van der Waals surface area contributed by atoms with Crippen molar-refractivity contribution in [2.45, 2.75) is 32.7 Å². The zero-order chi connectivity index (χ0) is 18.5. The molecule has 0 saturated carbocycles. The lowest BCUT2D eigenvalue weighted by molar-refractivity contribution is -0.128. The third-order valence-electron chi connectivity index (χ3n) is 5.39. The van der Waals surface area contributed by atoms with E-state index in [1.54, 1.807) is 13.2 Å². The number of ether oxygens (including phenoxy) is 1. The first-order valence-corrected chi connectivity index (χ1v) is 9.63. The van der Waals surface area contributed by atoms with E-state index < -0.39 is 0 Å². The molecule has 1 atom stereocenters. The van der Waals surface area contributed by atoms with Crippen LogP contribution < -0.4 is 9.64 Å². The molecule has 2 aliphatic heterocycles. The van der Waals surface area contributed by atoms with E-state index in [0.29, 0.717) is 6.04 Å². The number of hydrogen-bond acceptors (Lipinski definition) is 4. The minimum atomic E-state index is 0.173. The first-order valence-electron chi connectivity index (χ1n) is 9.63. The zero-order valence-electron chi connectivity index (χ0n) is 16.3. The van der Waals surface area contributed by atoms with Crippen molar-refractivity contribution in [3.63, 3.8) is 0 Å². The van der Waals surface area contributed by atoms with Gasteiger partial charge in [-0.3, -0.25) is 9.69 Å². The number of allylic oxidation sites excluding steroid dienone is 1. The minimum absolute atomic E-state index is 0.173. The predicted octanol–water partition coefficient (Wildman–Crippen LogP) is 2.77. The van der Waals surface area contributed by atoms with Crippen molar-refractivity contribution < 1.29 is 9.53 Å². The molecule has 26 heavy (non-hydrogen) atoms. The summed E-state index contributed by atoms with van der Waals surface area (Å²) in [5.74, 6) is 1.07. The topological polar surface area (TPSA) is 36.0 Å². The van der Waals surface area contributed by atoms with Crippen LogP contribution in [-0.2, 0) is 4.79 Å². The molecule has 3 rings (SSSR count). The largest absolute Gasteiger partial charge is 0.497 e. The number of anilines is 1. The van der Waals surface area contributed by atoms with Crippen LogP contribution in [0.1, 0.15) is 26.7 Å². The summed E-state index contributed by atoms with van der Waals surface area (Å²) in [7, 11) is 1.70.